The molecule has 0 amide bonds. The molecule has 0 bridgehead atoms. The molecule has 0 spiro atoms. The van der Waals surface area contributed by atoms with Crippen LogP contribution >= 0.6 is 0 Å². The summed E-state index contributed by atoms with van der Waals surface area (Å²) >= 11 is 0. The summed E-state index contributed by atoms with van der Waals surface area (Å²) < 4.78 is 4.72. The lowest BCUT2D eigenvalue weighted by atomic mass is 10.1. The van der Waals surface area contributed by atoms with Crippen LogP contribution in [0.15, 0.2) is 4.63 Å². The van der Waals surface area contributed by atoms with Gasteiger partial charge in [-0.15, -0.1) is 0 Å². The Hall–Kier alpha value is -1.52. The van der Waals surface area contributed by atoms with Gasteiger partial charge in [-0.05, 0) is 22.7 Å². The maximum absolute atomic E-state index is 4.72. The van der Waals surface area contributed by atoms with Crippen molar-refractivity contribution in [3.05, 3.63) is 11.4 Å². The van der Waals surface area contributed by atoms with Gasteiger partial charge in [0.15, 0.2) is 11.0 Å². The number of hydrogen-bond donors (Lipinski definition) is 0. The van der Waals surface area contributed by atoms with Crippen LogP contribution in [0.3, 0.4) is 0 Å². The molecule has 0 aliphatic carbocycles. The molecule has 0 atom stereocenters. The van der Waals surface area contributed by atoms with Crippen molar-refractivity contribution in [1.29, 1.82) is 0 Å². The molecular weight excluding hydrogens is 180 g/mol. The van der Waals surface area contributed by atoms with E-state index in [9.17, 15) is 0 Å². The molecule has 0 aromatic carbocycles. The standard InChI is InChI=1S/C9H12N4O/c1-4-6-8-9(13-14-12-8)7(5(2)3)11-10-6/h5H,4H2,1-3H3. The van der Waals surface area contributed by atoms with Gasteiger partial charge in [-0.25, -0.2) is 4.63 Å². The number of aryl methyl sites for hydroxylation is 1. The second kappa shape index (κ2) is 3.32. The molecule has 0 saturated heterocycles. The van der Waals surface area contributed by atoms with Gasteiger partial charge in [0.1, 0.15) is 0 Å². The Labute approximate surface area is 81.5 Å². The van der Waals surface area contributed by atoms with E-state index in [2.05, 4.69) is 20.5 Å². The summed E-state index contributed by atoms with van der Waals surface area (Å²) in [4.78, 5) is 0. The third-order valence-corrected chi connectivity index (χ3v) is 2.16. The zero-order valence-corrected chi connectivity index (χ0v) is 8.48. The lowest BCUT2D eigenvalue weighted by molar-refractivity contribution is 0.315. The minimum atomic E-state index is 0.280. The highest BCUT2D eigenvalue weighted by Crippen LogP contribution is 2.21. The first-order valence-electron chi connectivity index (χ1n) is 4.71. The van der Waals surface area contributed by atoms with Crippen LogP contribution in [0.1, 0.15) is 38.1 Å². The molecule has 2 heterocycles. The second-order valence-corrected chi connectivity index (χ2v) is 3.50. The SMILES string of the molecule is CCc1nnc(C(C)C)c2nonc12. The van der Waals surface area contributed by atoms with Crippen molar-refractivity contribution < 1.29 is 4.63 Å². The molecule has 74 valence electrons. The first kappa shape index (κ1) is 9.05. The average molecular weight is 192 g/mol. The largest absolute Gasteiger partial charge is 0.243 e. The Kier molecular flexibility index (Phi) is 2.15. The van der Waals surface area contributed by atoms with Crippen LogP contribution in [0.4, 0.5) is 0 Å². The van der Waals surface area contributed by atoms with Crippen LogP contribution in [0, 0.1) is 0 Å². The van der Waals surface area contributed by atoms with E-state index < -0.39 is 0 Å². The number of aromatic nitrogens is 4. The number of rotatable bonds is 2. The second-order valence-electron chi connectivity index (χ2n) is 3.50. The maximum atomic E-state index is 4.72. The van der Waals surface area contributed by atoms with Crippen LogP contribution in [0.5, 0.6) is 0 Å². The quantitative estimate of drug-likeness (QED) is 0.724. The van der Waals surface area contributed by atoms with E-state index in [0.717, 1.165) is 28.8 Å². The van der Waals surface area contributed by atoms with E-state index in [-0.39, 0.29) is 5.92 Å². The molecule has 0 fully saturated rings. The van der Waals surface area contributed by atoms with Crippen molar-refractivity contribution in [1.82, 2.24) is 20.5 Å². The normalized spacial score (nSPS) is 11.4. The summed E-state index contributed by atoms with van der Waals surface area (Å²) in [6.45, 7) is 6.10. The van der Waals surface area contributed by atoms with Gasteiger partial charge in [0, 0.05) is 0 Å². The molecule has 0 N–H and O–H groups in total. The van der Waals surface area contributed by atoms with Crippen LogP contribution in [-0.2, 0) is 6.42 Å². The van der Waals surface area contributed by atoms with Gasteiger partial charge in [-0.1, -0.05) is 20.8 Å². The zero-order valence-electron chi connectivity index (χ0n) is 8.48. The predicted octanol–water partition coefficient (Wildman–Crippen LogP) is 1.70. The molecule has 5 nitrogen and oxygen atoms in total. The van der Waals surface area contributed by atoms with Crippen molar-refractivity contribution in [3.63, 3.8) is 0 Å². The third-order valence-electron chi connectivity index (χ3n) is 2.16. The minimum absolute atomic E-state index is 0.280. The fourth-order valence-corrected chi connectivity index (χ4v) is 1.38. The summed E-state index contributed by atoms with van der Waals surface area (Å²) in [6.07, 6.45) is 0.788. The Morgan fingerprint density at radius 3 is 2.50 bits per heavy atom. The van der Waals surface area contributed by atoms with E-state index in [4.69, 9.17) is 4.63 Å². The van der Waals surface area contributed by atoms with Crippen molar-refractivity contribution in [2.75, 3.05) is 0 Å². The fraction of sp³-hybridized carbons (Fsp3) is 0.556. The molecule has 0 aliphatic rings. The van der Waals surface area contributed by atoms with Crippen LogP contribution in [-0.4, -0.2) is 20.5 Å². The number of hydrogen-bond acceptors (Lipinski definition) is 5. The first-order valence-corrected chi connectivity index (χ1v) is 4.71. The summed E-state index contributed by atoms with van der Waals surface area (Å²) in [5.41, 5.74) is 3.17. The lowest BCUT2D eigenvalue weighted by Crippen LogP contribution is -2.01. The smallest absolute Gasteiger partial charge is 0.160 e. The van der Waals surface area contributed by atoms with E-state index in [1.165, 1.54) is 0 Å². The molecule has 14 heavy (non-hydrogen) atoms. The molecule has 2 aromatic heterocycles. The van der Waals surface area contributed by atoms with Crippen LogP contribution < -0.4 is 0 Å². The van der Waals surface area contributed by atoms with Gasteiger partial charge in [-0.2, -0.15) is 10.2 Å². The van der Waals surface area contributed by atoms with E-state index >= 15 is 0 Å². The monoisotopic (exact) mass is 192 g/mol. The minimum Gasteiger partial charge on any atom is -0.243 e. The summed E-state index contributed by atoms with van der Waals surface area (Å²) in [5, 5.41) is 15.9. The lowest BCUT2D eigenvalue weighted by Gasteiger charge is -2.03. The highest BCUT2D eigenvalue weighted by atomic mass is 16.6. The van der Waals surface area contributed by atoms with Gasteiger partial charge in [-0.3, -0.25) is 0 Å². The molecule has 0 unspecified atom stereocenters. The Balaban J connectivity index is 2.72. The van der Waals surface area contributed by atoms with Gasteiger partial charge < -0.3 is 0 Å². The molecule has 0 saturated carbocycles. The molecule has 2 aromatic rings. The Morgan fingerprint density at radius 1 is 1.14 bits per heavy atom. The van der Waals surface area contributed by atoms with Crippen LogP contribution in [0.25, 0.3) is 11.0 Å². The maximum Gasteiger partial charge on any atom is 0.160 e. The highest BCUT2D eigenvalue weighted by molar-refractivity contribution is 5.77. The van der Waals surface area contributed by atoms with Gasteiger partial charge in [0.25, 0.3) is 0 Å². The highest BCUT2D eigenvalue weighted by Gasteiger charge is 2.15. The fourth-order valence-electron chi connectivity index (χ4n) is 1.38. The zero-order chi connectivity index (χ0) is 10.1. The van der Waals surface area contributed by atoms with Crippen molar-refractivity contribution in [2.45, 2.75) is 33.1 Å². The topological polar surface area (TPSA) is 64.7 Å². The molecule has 5 heteroatoms. The molecule has 0 aliphatic heterocycles. The average Bonchev–Trinajstić information content (AvgIpc) is 2.64. The van der Waals surface area contributed by atoms with E-state index in [1.54, 1.807) is 0 Å². The van der Waals surface area contributed by atoms with Gasteiger partial charge in [0.2, 0.25) is 0 Å². The summed E-state index contributed by atoms with van der Waals surface area (Å²) in [6, 6.07) is 0. The van der Waals surface area contributed by atoms with E-state index in [0.29, 0.717) is 0 Å². The Morgan fingerprint density at radius 2 is 1.86 bits per heavy atom. The van der Waals surface area contributed by atoms with Gasteiger partial charge >= 0.3 is 0 Å². The van der Waals surface area contributed by atoms with E-state index in [1.807, 2.05) is 20.8 Å². The number of nitrogens with zero attached hydrogens (tertiary/aromatic N) is 4. The molecule has 2 rings (SSSR count). The third kappa shape index (κ3) is 1.25. The summed E-state index contributed by atoms with van der Waals surface area (Å²) in [5.74, 6) is 0.280. The first-order chi connectivity index (χ1) is 6.74. The predicted molar refractivity (Wildman–Crippen MR) is 50.9 cm³/mol. The van der Waals surface area contributed by atoms with Gasteiger partial charge in [0.05, 0.1) is 11.4 Å². The molecule has 0 radical (unpaired) electrons. The van der Waals surface area contributed by atoms with Crippen molar-refractivity contribution >= 4 is 11.0 Å². The van der Waals surface area contributed by atoms with Crippen LogP contribution in [0.2, 0.25) is 0 Å². The Bertz CT molecular complexity index is 449. The number of fused-ring (bicyclic) bond motifs is 1. The summed E-state index contributed by atoms with van der Waals surface area (Å²) in [7, 11) is 0. The molecular formula is C9H12N4O. The van der Waals surface area contributed by atoms with Crippen molar-refractivity contribution in [3.8, 4) is 0 Å². The van der Waals surface area contributed by atoms with Crippen molar-refractivity contribution in [2.24, 2.45) is 0 Å².